The first kappa shape index (κ1) is 8.60. The molecule has 72 valence electrons. The molecule has 0 aliphatic carbocycles. The molecule has 1 aromatic heterocycles. The second-order valence-corrected chi connectivity index (χ2v) is 3.80. The molecule has 2 heterocycles. The average Bonchev–Trinajstić information content (AvgIpc) is 2.56. The highest BCUT2D eigenvalue weighted by Gasteiger charge is 2.18. The van der Waals surface area contributed by atoms with Gasteiger partial charge in [0.25, 0.3) is 0 Å². The highest BCUT2D eigenvalue weighted by atomic mass is 15.3. The summed E-state index contributed by atoms with van der Waals surface area (Å²) >= 11 is 0. The van der Waals surface area contributed by atoms with E-state index in [0.29, 0.717) is 6.04 Å². The molecule has 0 bridgehead atoms. The van der Waals surface area contributed by atoms with E-state index >= 15 is 0 Å². The van der Waals surface area contributed by atoms with Gasteiger partial charge in [0.2, 0.25) is 5.95 Å². The Labute approximate surface area is 79.2 Å². The van der Waals surface area contributed by atoms with Crippen LogP contribution in [0.25, 0.3) is 0 Å². The van der Waals surface area contributed by atoms with E-state index in [-0.39, 0.29) is 0 Å². The average molecular weight is 179 g/mol. The Bertz CT molecular complexity index is 243. The molecule has 1 aliphatic rings. The summed E-state index contributed by atoms with van der Waals surface area (Å²) in [5.74, 6) is 1.04. The fourth-order valence-electron chi connectivity index (χ4n) is 2.00. The van der Waals surface area contributed by atoms with Gasteiger partial charge >= 0.3 is 0 Å². The van der Waals surface area contributed by atoms with Gasteiger partial charge in [-0.1, -0.05) is 12.8 Å². The van der Waals surface area contributed by atoms with Crippen molar-refractivity contribution in [1.29, 1.82) is 0 Å². The van der Waals surface area contributed by atoms with E-state index in [1.165, 1.54) is 25.7 Å². The molecule has 1 atom stereocenters. The molecular formula is C10H17N3. The van der Waals surface area contributed by atoms with Gasteiger partial charge in [-0.25, -0.2) is 4.98 Å². The van der Waals surface area contributed by atoms with Gasteiger partial charge in [-0.3, -0.25) is 0 Å². The van der Waals surface area contributed by atoms with Crippen LogP contribution < -0.4 is 4.90 Å². The van der Waals surface area contributed by atoms with E-state index in [1.807, 2.05) is 12.4 Å². The minimum atomic E-state index is 0.633. The topological polar surface area (TPSA) is 31.9 Å². The van der Waals surface area contributed by atoms with Gasteiger partial charge in [0, 0.05) is 25.0 Å². The van der Waals surface area contributed by atoms with Crippen LogP contribution in [-0.2, 0) is 0 Å². The van der Waals surface area contributed by atoms with Crippen LogP contribution in [0, 0.1) is 0 Å². The third-order valence-electron chi connectivity index (χ3n) is 2.81. The first-order valence-electron chi connectivity index (χ1n) is 5.14. The number of aromatic amines is 1. The zero-order chi connectivity index (χ0) is 9.10. The van der Waals surface area contributed by atoms with E-state index in [4.69, 9.17) is 0 Å². The Morgan fingerprint density at radius 2 is 2.38 bits per heavy atom. The summed E-state index contributed by atoms with van der Waals surface area (Å²) in [4.78, 5) is 9.86. The van der Waals surface area contributed by atoms with Crippen molar-refractivity contribution in [2.45, 2.75) is 38.6 Å². The number of H-pyrrole nitrogens is 1. The molecule has 0 spiro atoms. The lowest BCUT2D eigenvalue weighted by atomic mass is 10.1. The maximum absolute atomic E-state index is 4.30. The van der Waals surface area contributed by atoms with Crippen molar-refractivity contribution in [3.8, 4) is 0 Å². The van der Waals surface area contributed by atoms with Crippen molar-refractivity contribution in [1.82, 2.24) is 9.97 Å². The van der Waals surface area contributed by atoms with Crippen LogP contribution in [-0.4, -0.2) is 22.6 Å². The number of hydrogen-bond donors (Lipinski definition) is 1. The minimum Gasteiger partial charge on any atom is -0.340 e. The molecule has 0 saturated carbocycles. The lowest BCUT2D eigenvalue weighted by Gasteiger charge is -2.26. The smallest absolute Gasteiger partial charge is 0.202 e. The predicted octanol–water partition coefficient (Wildman–Crippen LogP) is 2.18. The molecule has 13 heavy (non-hydrogen) atoms. The SMILES string of the molecule is CC1CCCCCN1c1ncc[nH]1. The first-order chi connectivity index (χ1) is 6.38. The van der Waals surface area contributed by atoms with Crippen molar-refractivity contribution in [3.05, 3.63) is 12.4 Å². The Balaban J connectivity index is 2.11. The number of rotatable bonds is 1. The summed E-state index contributed by atoms with van der Waals surface area (Å²) in [5, 5.41) is 0. The van der Waals surface area contributed by atoms with Gasteiger partial charge in [-0.2, -0.15) is 0 Å². The zero-order valence-corrected chi connectivity index (χ0v) is 8.16. The van der Waals surface area contributed by atoms with Gasteiger partial charge in [0.05, 0.1) is 0 Å². The first-order valence-corrected chi connectivity index (χ1v) is 5.14. The molecule has 3 nitrogen and oxygen atoms in total. The highest BCUT2D eigenvalue weighted by Crippen LogP contribution is 2.20. The summed E-state index contributed by atoms with van der Waals surface area (Å²) < 4.78 is 0. The molecule has 1 N–H and O–H groups in total. The van der Waals surface area contributed by atoms with Crippen LogP contribution in [0.5, 0.6) is 0 Å². The summed E-state index contributed by atoms with van der Waals surface area (Å²) in [7, 11) is 0. The molecule has 1 saturated heterocycles. The van der Waals surface area contributed by atoms with Gasteiger partial charge < -0.3 is 9.88 Å². The zero-order valence-electron chi connectivity index (χ0n) is 8.16. The number of imidazole rings is 1. The van der Waals surface area contributed by atoms with Crippen LogP contribution >= 0.6 is 0 Å². The summed E-state index contributed by atoms with van der Waals surface area (Å²) in [6.45, 7) is 3.43. The highest BCUT2D eigenvalue weighted by molar-refractivity contribution is 5.30. The molecule has 0 aromatic carbocycles. The largest absolute Gasteiger partial charge is 0.340 e. The molecule has 2 rings (SSSR count). The number of aromatic nitrogens is 2. The Morgan fingerprint density at radius 1 is 1.46 bits per heavy atom. The third kappa shape index (κ3) is 1.85. The maximum atomic E-state index is 4.30. The Kier molecular flexibility index (Phi) is 2.52. The normalized spacial score (nSPS) is 24.4. The fourth-order valence-corrected chi connectivity index (χ4v) is 2.00. The van der Waals surface area contributed by atoms with E-state index in [1.54, 1.807) is 0 Å². The lowest BCUT2D eigenvalue weighted by molar-refractivity contribution is 0.607. The summed E-state index contributed by atoms with van der Waals surface area (Å²) in [5.41, 5.74) is 0. The maximum Gasteiger partial charge on any atom is 0.202 e. The number of anilines is 1. The van der Waals surface area contributed by atoms with Crippen molar-refractivity contribution >= 4 is 5.95 Å². The molecular weight excluding hydrogens is 162 g/mol. The van der Waals surface area contributed by atoms with Crippen LogP contribution in [0.3, 0.4) is 0 Å². The van der Waals surface area contributed by atoms with Gasteiger partial charge in [-0.15, -0.1) is 0 Å². The lowest BCUT2D eigenvalue weighted by Crippen LogP contribution is -2.33. The molecule has 0 radical (unpaired) electrons. The van der Waals surface area contributed by atoms with Gasteiger partial charge in [-0.05, 0) is 19.8 Å². The van der Waals surface area contributed by atoms with Crippen LogP contribution in [0.2, 0.25) is 0 Å². The van der Waals surface area contributed by atoms with Crippen LogP contribution in [0.15, 0.2) is 12.4 Å². The van der Waals surface area contributed by atoms with Crippen molar-refractivity contribution in [3.63, 3.8) is 0 Å². The molecule has 1 fully saturated rings. The van der Waals surface area contributed by atoms with Gasteiger partial charge in [0.1, 0.15) is 0 Å². The standard InChI is InChI=1S/C10H17N3/c1-9-5-3-2-4-8-13(9)10-11-6-7-12-10/h6-7,9H,2-5,8H2,1H3,(H,11,12). The number of nitrogens with zero attached hydrogens (tertiary/aromatic N) is 2. The Morgan fingerprint density at radius 3 is 3.15 bits per heavy atom. The summed E-state index contributed by atoms with van der Waals surface area (Å²) in [6, 6.07) is 0.633. The van der Waals surface area contributed by atoms with Crippen molar-refractivity contribution < 1.29 is 0 Å². The van der Waals surface area contributed by atoms with E-state index in [0.717, 1.165) is 12.5 Å². The molecule has 1 unspecified atom stereocenters. The molecule has 3 heteroatoms. The summed E-state index contributed by atoms with van der Waals surface area (Å²) in [6.07, 6.45) is 9.03. The molecule has 0 amide bonds. The van der Waals surface area contributed by atoms with E-state index in [2.05, 4.69) is 21.8 Å². The minimum absolute atomic E-state index is 0.633. The Hall–Kier alpha value is -0.990. The van der Waals surface area contributed by atoms with Gasteiger partial charge in [0.15, 0.2) is 0 Å². The molecule has 1 aromatic rings. The predicted molar refractivity (Wildman–Crippen MR) is 53.9 cm³/mol. The second kappa shape index (κ2) is 3.81. The van der Waals surface area contributed by atoms with E-state index in [9.17, 15) is 0 Å². The van der Waals surface area contributed by atoms with Crippen molar-refractivity contribution in [2.24, 2.45) is 0 Å². The van der Waals surface area contributed by atoms with E-state index < -0.39 is 0 Å². The molecule has 1 aliphatic heterocycles. The third-order valence-corrected chi connectivity index (χ3v) is 2.81. The van der Waals surface area contributed by atoms with Crippen molar-refractivity contribution in [2.75, 3.05) is 11.4 Å². The van der Waals surface area contributed by atoms with Crippen LogP contribution in [0.4, 0.5) is 5.95 Å². The monoisotopic (exact) mass is 179 g/mol. The fraction of sp³-hybridized carbons (Fsp3) is 0.700. The number of nitrogens with one attached hydrogen (secondary N) is 1. The van der Waals surface area contributed by atoms with Crippen LogP contribution in [0.1, 0.15) is 32.6 Å². The second-order valence-electron chi connectivity index (χ2n) is 3.80. The number of hydrogen-bond acceptors (Lipinski definition) is 2. The quantitative estimate of drug-likeness (QED) is 0.716.